The first-order chi connectivity index (χ1) is 14.6. The maximum Gasteiger partial charge on any atom is 0.151 e. The number of benzene rings is 2. The van der Waals surface area contributed by atoms with Crippen LogP contribution in [0.2, 0.25) is 10.0 Å². The van der Waals surface area contributed by atoms with Crippen LogP contribution in [-0.4, -0.2) is 44.8 Å². The highest BCUT2D eigenvalue weighted by atomic mass is 35.5. The molecule has 0 aliphatic rings. The van der Waals surface area contributed by atoms with Gasteiger partial charge in [-0.15, -0.1) is 0 Å². The fourth-order valence-electron chi connectivity index (χ4n) is 2.40. The quantitative estimate of drug-likeness (QED) is 0.312. The lowest BCUT2D eigenvalue weighted by molar-refractivity contribution is 0.357. The van der Waals surface area contributed by atoms with Crippen LogP contribution in [0.3, 0.4) is 0 Å². The second kappa shape index (κ2) is 10.7. The van der Waals surface area contributed by atoms with Crippen molar-refractivity contribution >= 4 is 46.3 Å². The molecule has 4 N–H and O–H groups in total. The average Bonchev–Trinajstić information content (AvgIpc) is 2.77. The van der Waals surface area contributed by atoms with E-state index in [1.807, 2.05) is 0 Å². The lowest BCUT2D eigenvalue weighted by Gasteiger charge is -2.07. The molecule has 0 fully saturated rings. The molecule has 0 saturated carbocycles. The highest BCUT2D eigenvalue weighted by Gasteiger charge is 2.05. The number of nitrogens with one attached hydrogen (secondary N) is 2. The highest BCUT2D eigenvalue weighted by Crippen LogP contribution is 2.13. The Morgan fingerprint density at radius 3 is 1.50 bits per heavy atom. The largest absolute Gasteiger partial charge is 0.390 e. The van der Waals surface area contributed by atoms with Gasteiger partial charge in [-0.1, -0.05) is 47.5 Å². The van der Waals surface area contributed by atoms with E-state index in [2.05, 4.69) is 31.0 Å². The van der Waals surface area contributed by atoms with Crippen LogP contribution in [0.5, 0.6) is 0 Å². The number of nitrogens with zero attached hydrogens (tertiary/aromatic N) is 4. The first kappa shape index (κ1) is 21.7. The first-order valence-corrected chi connectivity index (χ1v) is 9.55. The van der Waals surface area contributed by atoms with Crippen molar-refractivity contribution in [1.82, 2.24) is 9.97 Å². The summed E-state index contributed by atoms with van der Waals surface area (Å²) in [5.74, 6) is 0.777. The van der Waals surface area contributed by atoms with E-state index in [1.54, 1.807) is 54.6 Å². The van der Waals surface area contributed by atoms with Crippen molar-refractivity contribution in [1.29, 1.82) is 0 Å². The van der Waals surface area contributed by atoms with Gasteiger partial charge in [0.05, 0.1) is 24.6 Å². The molecule has 0 aliphatic carbocycles. The molecular formula is C20H18Cl2N6O2. The molecular weight excluding hydrogens is 427 g/mol. The molecule has 3 aromatic rings. The molecule has 1 heterocycles. The van der Waals surface area contributed by atoms with E-state index in [9.17, 15) is 10.2 Å². The van der Waals surface area contributed by atoms with Crippen molar-refractivity contribution in [2.24, 2.45) is 10.2 Å². The molecule has 0 amide bonds. The number of hydrogen-bond acceptors (Lipinski definition) is 8. The van der Waals surface area contributed by atoms with E-state index < -0.39 is 0 Å². The summed E-state index contributed by atoms with van der Waals surface area (Å²) in [6.45, 7) is -0.536. The summed E-state index contributed by atoms with van der Waals surface area (Å²) in [5.41, 5.74) is 7.85. The zero-order valence-electron chi connectivity index (χ0n) is 15.6. The number of halogens is 2. The molecule has 1 aromatic heterocycles. The molecule has 0 atom stereocenters. The van der Waals surface area contributed by atoms with Crippen LogP contribution in [0.1, 0.15) is 11.1 Å². The van der Waals surface area contributed by atoms with Crippen molar-refractivity contribution in [3.8, 4) is 0 Å². The molecule has 0 unspecified atom stereocenters. The van der Waals surface area contributed by atoms with Gasteiger partial charge < -0.3 is 10.2 Å². The van der Waals surface area contributed by atoms with Gasteiger partial charge in [-0.3, -0.25) is 10.9 Å². The summed E-state index contributed by atoms with van der Waals surface area (Å²) in [4.78, 5) is 8.17. The Hall–Kier alpha value is -3.04. The zero-order valence-corrected chi connectivity index (χ0v) is 17.1. The van der Waals surface area contributed by atoms with E-state index in [1.165, 1.54) is 6.33 Å². The van der Waals surface area contributed by atoms with Crippen LogP contribution < -0.4 is 10.9 Å². The van der Waals surface area contributed by atoms with Gasteiger partial charge in [0, 0.05) is 27.2 Å². The average molecular weight is 445 g/mol. The van der Waals surface area contributed by atoms with Crippen molar-refractivity contribution in [3.05, 3.63) is 82.1 Å². The topological polar surface area (TPSA) is 115 Å². The third-order valence-corrected chi connectivity index (χ3v) is 4.44. The Morgan fingerprint density at radius 1 is 0.733 bits per heavy atom. The smallest absolute Gasteiger partial charge is 0.151 e. The Kier molecular flexibility index (Phi) is 7.69. The Morgan fingerprint density at radius 2 is 1.13 bits per heavy atom. The molecule has 0 radical (unpaired) electrons. The van der Waals surface area contributed by atoms with Crippen LogP contribution >= 0.6 is 23.2 Å². The molecule has 0 bridgehead atoms. The van der Waals surface area contributed by atoms with Crippen LogP contribution in [0.25, 0.3) is 0 Å². The zero-order chi connectivity index (χ0) is 21.3. The Bertz CT molecular complexity index is 959. The summed E-state index contributed by atoms with van der Waals surface area (Å²) < 4.78 is 0. The number of aliphatic hydroxyl groups is 2. The second-order valence-electron chi connectivity index (χ2n) is 5.96. The van der Waals surface area contributed by atoms with E-state index >= 15 is 0 Å². The van der Waals surface area contributed by atoms with Crippen LogP contribution in [0.15, 0.2) is 71.1 Å². The standard InChI is InChI=1S/C20H18Cl2N6O2/c21-15-5-1-13(2-6-15)17(10-29)25-27-19-9-20(24-12-23-19)28-26-18(11-30)14-3-7-16(22)8-4-14/h1-9,12,29-30H,10-11H2,(H2,23,24,27,28)/b25-17+,26-18+. The Balaban J connectivity index is 1.72. The summed E-state index contributed by atoms with van der Waals surface area (Å²) >= 11 is 11.8. The summed E-state index contributed by atoms with van der Waals surface area (Å²) in [6.07, 6.45) is 1.33. The Labute approximate surface area is 182 Å². The second-order valence-corrected chi connectivity index (χ2v) is 6.83. The van der Waals surface area contributed by atoms with Crippen molar-refractivity contribution < 1.29 is 10.2 Å². The van der Waals surface area contributed by atoms with E-state index in [4.69, 9.17) is 23.2 Å². The minimum Gasteiger partial charge on any atom is -0.390 e. The summed E-state index contributed by atoms with van der Waals surface area (Å²) in [7, 11) is 0. The van der Waals surface area contributed by atoms with Gasteiger partial charge in [-0.05, 0) is 24.3 Å². The number of hydrazone groups is 2. The highest BCUT2D eigenvalue weighted by molar-refractivity contribution is 6.31. The molecule has 0 spiro atoms. The van der Waals surface area contributed by atoms with Crippen molar-refractivity contribution in [2.45, 2.75) is 0 Å². The summed E-state index contributed by atoms with van der Waals surface area (Å²) in [5, 5.41) is 28.7. The molecule has 8 nitrogen and oxygen atoms in total. The lowest BCUT2D eigenvalue weighted by Crippen LogP contribution is -2.11. The molecule has 0 saturated heterocycles. The predicted octanol–water partition coefficient (Wildman–Crippen LogP) is 3.40. The predicted molar refractivity (Wildman–Crippen MR) is 119 cm³/mol. The van der Waals surface area contributed by atoms with E-state index in [0.717, 1.165) is 11.1 Å². The minimum atomic E-state index is -0.268. The number of aliphatic hydroxyl groups excluding tert-OH is 2. The van der Waals surface area contributed by atoms with E-state index in [-0.39, 0.29) is 13.2 Å². The fourth-order valence-corrected chi connectivity index (χ4v) is 2.65. The first-order valence-electron chi connectivity index (χ1n) is 8.80. The number of anilines is 2. The fraction of sp³-hybridized carbons (Fsp3) is 0.100. The van der Waals surface area contributed by atoms with Crippen LogP contribution in [0, 0.1) is 0 Å². The van der Waals surface area contributed by atoms with Crippen molar-refractivity contribution in [2.75, 3.05) is 24.1 Å². The third kappa shape index (κ3) is 5.98. The van der Waals surface area contributed by atoms with Gasteiger partial charge in [0.1, 0.15) is 6.33 Å². The number of hydrogen-bond donors (Lipinski definition) is 4. The lowest BCUT2D eigenvalue weighted by atomic mass is 10.1. The van der Waals surface area contributed by atoms with Gasteiger partial charge in [-0.25, -0.2) is 9.97 Å². The van der Waals surface area contributed by atoms with Gasteiger partial charge in [-0.2, -0.15) is 10.2 Å². The molecule has 10 heteroatoms. The number of aromatic nitrogens is 2. The molecule has 154 valence electrons. The van der Waals surface area contributed by atoms with E-state index in [0.29, 0.717) is 33.1 Å². The molecule has 0 aliphatic heterocycles. The maximum absolute atomic E-state index is 9.58. The normalized spacial score (nSPS) is 12.0. The van der Waals surface area contributed by atoms with Gasteiger partial charge in [0.15, 0.2) is 11.6 Å². The third-order valence-electron chi connectivity index (χ3n) is 3.93. The van der Waals surface area contributed by atoms with Gasteiger partial charge in [0.2, 0.25) is 0 Å². The van der Waals surface area contributed by atoms with Crippen LogP contribution in [0.4, 0.5) is 11.6 Å². The van der Waals surface area contributed by atoms with Gasteiger partial charge >= 0.3 is 0 Å². The maximum atomic E-state index is 9.58. The SMILES string of the molecule is OC/C(=N\Nc1cc(N/N=C(\CO)c2ccc(Cl)cc2)ncn1)c1ccc(Cl)cc1. The van der Waals surface area contributed by atoms with Gasteiger partial charge in [0.25, 0.3) is 0 Å². The van der Waals surface area contributed by atoms with Crippen LogP contribution in [-0.2, 0) is 0 Å². The summed E-state index contributed by atoms with van der Waals surface area (Å²) in [6, 6.07) is 15.5. The molecule has 2 aromatic carbocycles. The molecule has 3 rings (SSSR count). The molecule has 30 heavy (non-hydrogen) atoms. The number of rotatable bonds is 8. The monoisotopic (exact) mass is 444 g/mol. The van der Waals surface area contributed by atoms with Crippen molar-refractivity contribution in [3.63, 3.8) is 0 Å². The minimum absolute atomic E-state index is 0.268.